The predicted molar refractivity (Wildman–Crippen MR) is 70.0 cm³/mol. The van der Waals surface area contributed by atoms with E-state index in [1.54, 1.807) is 24.3 Å². The van der Waals surface area contributed by atoms with Crippen molar-refractivity contribution >= 4 is 12.0 Å². The molecule has 100 valence electrons. The Hall–Kier alpha value is -2.48. The van der Waals surface area contributed by atoms with E-state index >= 15 is 0 Å². The summed E-state index contributed by atoms with van der Waals surface area (Å²) in [5.74, 6) is -0.196. The molecule has 1 aromatic rings. The van der Waals surface area contributed by atoms with Crippen LogP contribution in [0.5, 0.6) is 11.5 Å². The second-order valence-electron chi connectivity index (χ2n) is 4.05. The third-order valence-corrected chi connectivity index (χ3v) is 2.23. The van der Waals surface area contributed by atoms with Gasteiger partial charge in [0, 0.05) is 11.6 Å². The van der Waals surface area contributed by atoms with E-state index in [2.05, 4.69) is 0 Å². The number of aliphatic carboxylic acids is 1. The van der Waals surface area contributed by atoms with Gasteiger partial charge in [-0.25, -0.2) is 4.79 Å². The molecule has 0 fully saturated rings. The minimum Gasteiger partial charge on any atom is -0.497 e. The summed E-state index contributed by atoms with van der Waals surface area (Å²) in [7, 11) is 1.53. The molecule has 0 spiro atoms. The highest BCUT2D eigenvalue weighted by Gasteiger charge is 2.11. The molecule has 0 atom stereocenters. The zero-order valence-electron chi connectivity index (χ0n) is 11.0. The number of ether oxygens (including phenoxy) is 2. The molecule has 0 saturated heterocycles. The van der Waals surface area contributed by atoms with Crippen LogP contribution < -0.4 is 9.47 Å². The van der Waals surface area contributed by atoms with Gasteiger partial charge in [-0.1, -0.05) is 0 Å². The number of hydrogen-bond donors (Lipinski definition) is 1. The highest BCUT2D eigenvalue weighted by Crippen LogP contribution is 2.27. The van der Waals surface area contributed by atoms with E-state index in [9.17, 15) is 4.79 Å². The topological polar surface area (TPSA) is 79.5 Å². The molecule has 0 aliphatic rings. The number of carboxylic acid groups (broad SMARTS) is 1. The van der Waals surface area contributed by atoms with Crippen molar-refractivity contribution in [3.8, 4) is 17.6 Å². The van der Waals surface area contributed by atoms with Gasteiger partial charge in [0.1, 0.15) is 23.1 Å². The largest absolute Gasteiger partial charge is 0.497 e. The number of hydrogen-bond acceptors (Lipinski definition) is 4. The Labute approximate surface area is 111 Å². The SMILES string of the molecule is COc1ccc(/C=C(\C#N)C(=O)O)c(OC(C)C)c1. The molecule has 0 aliphatic carbocycles. The van der Waals surface area contributed by atoms with Gasteiger partial charge in [-0.05, 0) is 32.1 Å². The Morgan fingerprint density at radius 1 is 1.47 bits per heavy atom. The lowest BCUT2D eigenvalue weighted by Crippen LogP contribution is -2.07. The fourth-order valence-corrected chi connectivity index (χ4v) is 1.41. The maximum Gasteiger partial charge on any atom is 0.346 e. The number of carboxylic acids is 1. The van der Waals surface area contributed by atoms with Crippen LogP contribution in [0.4, 0.5) is 0 Å². The van der Waals surface area contributed by atoms with Crippen LogP contribution in [0.2, 0.25) is 0 Å². The third-order valence-electron chi connectivity index (χ3n) is 2.23. The predicted octanol–water partition coefficient (Wildman–Crippen LogP) is 2.47. The van der Waals surface area contributed by atoms with Crippen LogP contribution in [-0.4, -0.2) is 24.3 Å². The lowest BCUT2D eigenvalue weighted by atomic mass is 10.1. The quantitative estimate of drug-likeness (QED) is 0.650. The Morgan fingerprint density at radius 2 is 2.16 bits per heavy atom. The molecule has 0 saturated carbocycles. The van der Waals surface area contributed by atoms with Crippen molar-refractivity contribution in [3.05, 3.63) is 29.3 Å². The van der Waals surface area contributed by atoms with Crippen LogP contribution in [0.3, 0.4) is 0 Å². The fraction of sp³-hybridized carbons (Fsp3) is 0.286. The molecule has 5 nitrogen and oxygen atoms in total. The molecule has 19 heavy (non-hydrogen) atoms. The molecule has 1 N–H and O–H groups in total. The van der Waals surface area contributed by atoms with Crippen molar-refractivity contribution in [2.75, 3.05) is 7.11 Å². The molecule has 0 bridgehead atoms. The summed E-state index contributed by atoms with van der Waals surface area (Å²) >= 11 is 0. The van der Waals surface area contributed by atoms with Gasteiger partial charge in [0.05, 0.1) is 13.2 Å². The van der Waals surface area contributed by atoms with Gasteiger partial charge in [0.15, 0.2) is 0 Å². The number of nitriles is 1. The zero-order valence-corrected chi connectivity index (χ0v) is 11.0. The van der Waals surface area contributed by atoms with Gasteiger partial charge in [0.25, 0.3) is 0 Å². The summed E-state index contributed by atoms with van der Waals surface area (Å²) in [6.07, 6.45) is 1.20. The Balaban J connectivity index is 3.26. The van der Waals surface area contributed by atoms with Gasteiger partial charge in [-0.15, -0.1) is 0 Å². The molecule has 0 aliphatic heterocycles. The van der Waals surface area contributed by atoms with Crippen molar-refractivity contribution < 1.29 is 19.4 Å². The van der Waals surface area contributed by atoms with Crippen molar-refractivity contribution in [1.29, 1.82) is 5.26 Å². The molecule has 5 heteroatoms. The second kappa shape index (κ2) is 6.45. The molecule has 0 unspecified atom stereocenters. The molecule has 0 radical (unpaired) electrons. The lowest BCUT2D eigenvalue weighted by Gasteiger charge is -2.13. The van der Waals surface area contributed by atoms with E-state index in [1.807, 2.05) is 13.8 Å². The standard InChI is InChI=1S/C14H15NO4/c1-9(2)19-13-7-12(18-3)5-4-10(13)6-11(8-15)14(16)17/h4-7,9H,1-3H3,(H,16,17)/b11-6+. The molecule has 0 heterocycles. The van der Waals surface area contributed by atoms with Crippen LogP contribution in [-0.2, 0) is 4.79 Å². The summed E-state index contributed by atoms with van der Waals surface area (Å²) in [6, 6.07) is 6.62. The maximum atomic E-state index is 10.8. The van der Waals surface area contributed by atoms with E-state index in [4.69, 9.17) is 19.8 Å². The molecule has 0 aromatic heterocycles. The van der Waals surface area contributed by atoms with Gasteiger partial charge < -0.3 is 14.6 Å². The highest BCUT2D eigenvalue weighted by molar-refractivity contribution is 5.96. The van der Waals surface area contributed by atoms with E-state index in [0.717, 1.165) is 0 Å². The summed E-state index contributed by atoms with van der Waals surface area (Å²) < 4.78 is 10.7. The van der Waals surface area contributed by atoms with Crippen LogP contribution in [0, 0.1) is 11.3 Å². The smallest absolute Gasteiger partial charge is 0.346 e. The number of carbonyl (C=O) groups is 1. The van der Waals surface area contributed by atoms with Gasteiger partial charge >= 0.3 is 5.97 Å². The Bertz CT molecular complexity index is 541. The highest BCUT2D eigenvalue weighted by atomic mass is 16.5. The van der Waals surface area contributed by atoms with E-state index < -0.39 is 5.97 Å². The van der Waals surface area contributed by atoms with E-state index in [0.29, 0.717) is 17.1 Å². The summed E-state index contributed by atoms with van der Waals surface area (Å²) in [5, 5.41) is 17.6. The first-order valence-corrected chi connectivity index (χ1v) is 5.67. The number of benzene rings is 1. The van der Waals surface area contributed by atoms with E-state index in [1.165, 1.54) is 13.2 Å². The van der Waals surface area contributed by atoms with Gasteiger partial charge in [0.2, 0.25) is 0 Å². The first-order valence-electron chi connectivity index (χ1n) is 5.67. The van der Waals surface area contributed by atoms with Crippen LogP contribution in [0.1, 0.15) is 19.4 Å². The Morgan fingerprint density at radius 3 is 2.63 bits per heavy atom. The van der Waals surface area contributed by atoms with Crippen LogP contribution >= 0.6 is 0 Å². The van der Waals surface area contributed by atoms with Crippen molar-refractivity contribution in [2.45, 2.75) is 20.0 Å². The minimum atomic E-state index is -1.27. The fourth-order valence-electron chi connectivity index (χ4n) is 1.41. The molecule has 0 amide bonds. The molecular formula is C14H15NO4. The molecular weight excluding hydrogens is 246 g/mol. The van der Waals surface area contributed by atoms with Crippen LogP contribution in [0.25, 0.3) is 6.08 Å². The molecule has 1 aromatic carbocycles. The minimum absolute atomic E-state index is 0.0744. The second-order valence-corrected chi connectivity index (χ2v) is 4.05. The maximum absolute atomic E-state index is 10.8. The van der Waals surface area contributed by atoms with Gasteiger partial charge in [-0.3, -0.25) is 0 Å². The van der Waals surface area contributed by atoms with Crippen LogP contribution in [0.15, 0.2) is 23.8 Å². The summed E-state index contributed by atoms with van der Waals surface area (Å²) in [4.78, 5) is 10.8. The summed E-state index contributed by atoms with van der Waals surface area (Å²) in [6.45, 7) is 3.71. The Kier molecular flexibility index (Phi) is 4.95. The number of nitrogens with zero attached hydrogens (tertiary/aromatic N) is 1. The van der Waals surface area contributed by atoms with Crippen molar-refractivity contribution in [1.82, 2.24) is 0 Å². The number of methoxy groups -OCH3 is 1. The zero-order chi connectivity index (χ0) is 14.4. The monoisotopic (exact) mass is 261 g/mol. The lowest BCUT2D eigenvalue weighted by molar-refractivity contribution is -0.132. The van der Waals surface area contributed by atoms with Crippen molar-refractivity contribution in [3.63, 3.8) is 0 Å². The molecule has 1 rings (SSSR count). The van der Waals surface area contributed by atoms with Crippen molar-refractivity contribution in [2.24, 2.45) is 0 Å². The first-order chi connectivity index (χ1) is 8.97. The normalized spacial score (nSPS) is 11.0. The van der Waals surface area contributed by atoms with E-state index in [-0.39, 0.29) is 11.7 Å². The third kappa shape index (κ3) is 4.03. The van der Waals surface area contributed by atoms with Gasteiger partial charge in [-0.2, -0.15) is 5.26 Å². The summed E-state index contributed by atoms with van der Waals surface area (Å²) in [5.41, 5.74) is 0.173. The first kappa shape index (κ1) is 14.6. The average Bonchev–Trinajstić information content (AvgIpc) is 2.36. The average molecular weight is 261 g/mol. The number of rotatable bonds is 5.